The van der Waals surface area contributed by atoms with Gasteiger partial charge in [0.1, 0.15) is 0 Å². The third-order valence-corrected chi connectivity index (χ3v) is 2.03. The standard InChI is InChI=1S/C7H7N3O6/c1-8-4(6(12)13)3(10(15)16)5(11)9(2)7(8)14/h1-2H3,(H,12,13). The minimum Gasteiger partial charge on any atom is -0.476 e. The average molecular weight is 229 g/mol. The molecule has 1 N–H and O–H groups in total. The molecule has 1 heterocycles. The minimum absolute atomic E-state index is 0.477. The van der Waals surface area contributed by atoms with Gasteiger partial charge < -0.3 is 5.11 Å². The molecule has 0 saturated heterocycles. The number of carbonyl (C=O) groups is 1. The van der Waals surface area contributed by atoms with Crippen molar-refractivity contribution < 1.29 is 14.8 Å². The van der Waals surface area contributed by atoms with Gasteiger partial charge in [0.25, 0.3) is 0 Å². The molecule has 1 aromatic rings. The number of aromatic nitrogens is 2. The SMILES string of the molecule is Cn1c(C(=O)O)c([N+](=O)[O-])c(=O)n(C)c1=O. The molecule has 0 spiro atoms. The number of nitro groups is 1. The van der Waals surface area contributed by atoms with E-state index in [0.29, 0.717) is 9.13 Å². The van der Waals surface area contributed by atoms with E-state index in [1.807, 2.05) is 0 Å². The van der Waals surface area contributed by atoms with Gasteiger partial charge in [0.15, 0.2) is 0 Å². The van der Waals surface area contributed by atoms with Crippen molar-refractivity contribution in [3.63, 3.8) is 0 Å². The van der Waals surface area contributed by atoms with Crippen LogP contribution in [0.5, 0.6) is 0 Å². The van der Waals surface area contributed by atoms with Crippen LogP contribution in [0.3, 0.4) is 0 Å². The normalized spacial score (nSPS) is 10.1. The monoisotopic (exact) mass is 229 g/mol. The van der Waals surface area contributed by atoms with E-state index in [9.17, 15) is 24.5 Å². The lowest BCUT2D eigenvalue weighted by Gasteiger charge is -2.05. The zero-order chi connectivity index (χ0) is 12.6. The van der Waals surface area contributed by atoms with Crippen LogP contribution in [0, 0.1) is 10.1 Å². The van der Waals surface area contributed by atoms with Crippen LogP contribution in [0.4, 0.5) is 5.69 Å². The maximum absolute atomic E-state index is 11.4. The Morgan fingerprint density at radius 2 is 1.81 bits per heavy atom. The van der Waals surface area contributed by atoms with E-state index in [1.165, 1.54) is 0 Å². The van der Waals surface area contributed by atoms with E-state index in [4.69, 9.17) is 5.11 Å². The van der Waals surface area contributed by atoms with E-state index in [2.05, 4.69) is 0 Å². The smallest absolute Gasteiger partial charge is 0.365 e. The lowest BCUT2D eigenvalue weighted by atomic mass is 10.3. The second-order valence-corrected chi connectivity index (χ2v) is 2.97. The summed E-state index contributed by atoms with van der Waals surface area (Å²) in [7, 11) is 2.07. The number of carboxylic acid groups (broad SMARTS) is 1. The fraction of sp³-hybridized carbons (Fsp3) is 0.286. The third-order valence-electron chi connectivity index (χ3n) is 2.03. The molecule has 9 nitrogen and oxygen atoms in total. The largest absolute Gasteiger partial charge is 0.476 e. The van der Waals surface area contributed by atoms with Gasteiger partial charge in [-0.15, -0.1) is 0 Å². The highest BCUT2D eigenvalue weighted by Gasteiger charge is 2.29. The molecule has 0 aliphatic rings. The fourth-order valence-corrected chi connectivity index (χ4v) is 1.24. The van der Waals surface area contributed by atoms with Crippen LogP contribution in [0.15, 0.2) is 9.59 Å². The molecule has 9 heteroatoms. The van der Waals surface area contributed by atoms with Gasteiger partial charge >= 0.3 is 22.9 Å². The van der Waals surface area contributed by atoms with Crippen molar-refractivity contribution in [2.75, 3.05) is 0 Å². The molecule has 16 heavy (non-hydrogen) atoms. The van der Waals surface area contributed by atoms with E-state index in [0.717, 1.165) is 14.1 Å². The Labute approximate surface area is 87.3 Å². The van der Waals surface area contributed by atoms with E-state index < -0.39 is 33.5 Å². The first-order valence-corrected chi connectivity index (χ1v) is 3.96. The number of hydrogen-bond donors (Lipinski definition) is 1. The third kappa shape index (κ3) is 1.47. The number of hydrogen-bond acceptors (Lipinski definition) is 5. The van der Waals surface area contributed by atoms with Gasteiger partial charge in [-0.1, -0.05) is 0 Å². The summed E-state index contributed by atoms with van der Waals surface area (Å²) in [5.41, 5.74) is -4.24. The maximum Gasteiger partial charge on any atom is 0.365 e. The second kappa shape index (κ2) is 3.61. The number of aromatic carboxylic acids is 1. The molecule has 0 aliphatic carbocycles. The second-order valence-electron chi connectivity index (χ2n) is 2.97. The van der Waals surface area contributed by atoms with Gasteiger partial charge in [0.2, 0.25) is 5.69 Å². The topological polar surface area (TPSA) is 124 Å². The summed E-state index contributed by atoms with van der Waals surface area (Å²) >= 11 is 0. The van der Waals surface area contributed by atoms with Gasteiger partial charge in [-0.05, 0) is 0 Å². The van der Waals surface area contributed by atoms with Crippen LogP contribution in [0.1, 0.15) is 10.5 Å². The number of nitrogens with zero attached hydrogens (tertiary/aromatic N) is 3. The van der Waals surface area contributed by atoms with Crippen LogP contribution < -0.4 is 11.2 Å². The summed E-state index contributed by atoms with van der Waals surface area (Å²) in [6, 6.07) is 0. The molecule has 0 saturated carbocycles. The molecule has 0 aromatic carbocycles. The van der Waals surface area contributed by atoms with Gasteiger partial charge in [-0.2, -0.15) is 0 Å². The van der Waals surface area contributed by atoms with Crippen LogP contribution >= 0.6 is 0 Å². The first-order chi connectivity index (χ1) is 7.29. The summed E-state index contributed by atoms with van der Waals surface area (Å²) in [4.78, 5) is 42.9. The molecule has 0 fully saturated rings. The van der Waals surface area contributed by atoms with Crippen molar-refractivity contribution in [2.45, 2.75) is 0 Å². The fourth-order valence-electron chi connectivity index (χ4n) is 1.24. The Kier molecular flexibility index (Phi) is 2.62. The summed E-state index contributed by atoms with van der Waals surface area (Å²) < 4.78 is 1.02. The van der Waals surface area contributed by atoms with Crippen LogP contribution in [0.2, 0.25) is 0 Å². The summed E-state index contributed by atoms with van der Waals surface area (Å²) in [6.07, 6.45) is 0. The Balaban J connectivity index is 4.00. The van der Waals surface area contributed by atoms with Crippen LogP contribution in [-0.4, -0.2) is 25.1 Å². The summed E-state index contributed by atoms with van der Waals surface area (Å²) in [5.74, 6) is -1.70. The zero-order valence-electron chi connectivity index (χ0n) is 8.33. The van der Waals surface area contributed by atoms with Gasteiger partial charge in [0, 0.05) is 14.1 Å². The summed E-state index contributed by atoms with van der Waals surface area (Å²) in [5, 5.41) is 19.3. The molecular formula is C7H7N3O6. The molecule has 0 aliphatic heterocycles. The molecular weight excluding hydrogens is 222 g/mol. The molecule has 86 valence electrons. The molecule has 0 atom stereocenters. The van der Waals surface area contributed by atoms with E-state index in [-0.39, 0.29) is 0 Å². The predicted octanol–water partition coefficient (Wildman–Crippen LogP) is -1.31. The van der Waals surface area contributed by atoms with Crippen LogP contribution in [0.25, 0.3) is 0 Å². The lowest BCUT2D eigenvalue weighted by Crippen LogP contribution is -2.41. The van der Waals surface area contributed by atoms with Crippen molar-refractivity contribution in [3.8, 4) is 0 Å². The summed E-state index contributed by atoms with van der Waals surface area (Å²) in [6.45, 7) is 0. The van der Waals surface area contributed by atoms with Crippen molar-refractivity contribution in [1.82, 2.24) is 9.13 Å². The van der Waals surface area contributed by atoms with Gasteiger partial charge in [-0.3, -0.25) is 24.0 Å². The Hall–Kier alpha value is -2.45. The maximum atomic E-state index is 11.4. The molecule has 0 unspecified atom stereocenters. The quantitative estimate of drug-likeness (QED) is 0.495. The number of rotatable bonds is 2. The van der Waals surface area contributed by atoms with E-state index in [1.54, 1.807) is 0 Å². The molecule has 0 bridgehead atoms. The Morgan fingerprint density at radius 1 is 1.31 bits per heavy atom. The molecule has 0 amide bonds. The zero-order valence-corrected chi connectivity index (χ0v) is 8.33. The van der Waals surface area contributed by atoms with Gasteiger partial charge in [-0.25, -0.2) is 9.59 Å². The highest BCUT2D eigenvalue weighted by molar-refractivity contribution is 5.90. The Morgan fingerprint density at radius 3 is 2.19 bits per heavy atom. The molecule has 0 radical (unpaired) electrons. The van der Waals surface area contributed by atoms with Crippen molar-refractivity contribution in [1.29, 1.82) is 0 Å². The van der Waals surface area contributed by atoms with Crippen molar-refractivity contribution in [2.24, 2.45) is 14.1 Å². The minimum atomic E-state index is -1.70. The Bertz CT molecular complexity index is 595. The van der Waals surface area contributed by atoms with E-state index >= 15 is 0 Å². The molecule has 1 rings (SSSR count). The average Bonchev–Trinajstić information content (AvgIpc) is 2.18. The van der Waals surface area contributed by atoms with Gasteiger partial charge in [0.05, 0.1) is 4.92 Å². The number of carboxylic acids is 1. The first-order valence-electron chi connectivity index (χ1n) is 3.96. The van der Waals surface area contributed by atoms with Crippen molar-refractivity contribution >= 4 is 11.7 Å². The highest BCUT2D eigenvalue weighted by atomic mass is 16.6. The predicted molar refractivity (Wildman–Crippen MR) is 50.5 cm³/mol. The lowest BCUT2D eigenvalue weighted by molar-refractivity contribution is -0.387. The first kappa shape index (κ1) is 11.6. The molecule has 1 aromatic heterocycles. The van der Waals surface area contributed by atoms with Crippen molar-refractivity contribution in [3.05, 3.63) is 36.6 Å². The van der Waals surface area contributed by atoms with Crippen LogP contribution in [-0.2, 0) is 14.1 Å². The highest BCUT2D eigenvalue weighted by Crippen LogP contribution is 2.09.